The Kier molecular flexibility index (Phi) is 2.63. The fourth-order valence-electron chi connectivity index (χ4n) is 2.78. The fourth-order valence-corrected chi connectivity index (χ4v) is 2.78. The summed E-state index contributed by atoms with van der Waals surface area (Å²) in [5.74, 6) is 0. The van der Waals surface area contributed by atoms with Gasteiger partial charge in [-0.3, -0.25) is 4.90 Å². The predicted molar refractivity (Wildman–Crippen MR) is 53.2 cm³/mol. The molecule has 2 aliphatic rings. The summed E-state index contributed by atoms with van der Waals surface area (Å²) in [5.41, 5.74) is 0. The van der Waals surface area contributed by atoms with E-state index in [1.807, 2.05) is 4.90 Å². The Hall–Kier alpha value is -0.770. The maximum absolute atomic E-state index is 11.4. The smallest absolute Gasteiger partial charge is 0.409 e. The zero-order valence-corrected chi connectivity index (χ0v) is 8.90. The van der Waals surface area contributed by atoms with Crippen molar-refractivity contribution in [2.75, 3.05) is 26.7 Å². The van der Waals surface area contributed by atoms with Crippen LogP contribution in [0, 0.1) is 0 Å². The van der Waals surface area contributed by atoms with Gasteiger partial charge >= 0.3 is 6.09 Å². The molecule has 1 amide bonds. The fraction of sp³-hybridized carbons (Fsp3) is 0.900. The van der Waals surface area contributed by atoms with E-state index in [2.05, 4.69) is 11.8 Å². The lowest BCUT2D eigenvalue weighted by Crippen LogP contribution is -2.55. The summed E-state index contributed by atoms with van der Waals surface area (Å²) in [6.45, 7) is 4.98. The number of hydrogen-bond donors (Lipinski definition) is 0. The highest BCUT2D eigenvalue weighted by Crippen LogP contribution is 2.29. The number of likely N-dealkylation sites (tertiary alicyclic amines) is 1. The average molecular weight is 198 g/mol. The molecule has 4 nitrogen and oxygen atoms in total. The van der Waals surface area contributed by atoms with E-state index in [0.29, 0.717) is 12.1 Å². The Morgan fingerprint density at radius 3 is 2.36 bits per heavy atom. The molecule has 2 unspecified atom stereocenters. The average Bonchev–Trinajstić information content (AvgIpc) is 2.46. The maximum Gasteiger partial charge on any atom is 0.409 e. The lowest BCUT2D eigenvalue weighted by Gasteiger charge is -2.39. The Bertz CT molecular complexity index is 218. The molecule has 0 aromatic carbocycles. The van der Waals surface area contributed by atoms with Gasteiger partial charge in [-0.15, -0.1) is 0 Å². The van der Waals surface area contributed by atoms with Crippen LogP contribution >= 0.6 is 0 Å². The summed E-state index contributed by atoms with van der Waals surface area (Å²) in [7, 11) is 1.45. The quantitative estimate of drug-likeness (QED) is 0.628. The Balaban J connectivity index is 2.02. The van der Waals surface area contributed by atoms with Crippen molar-refractivity contribution in [2.24, 2.45) is 0 Å². The van der Waals surface area contributed by atoms with Gasteiger partial charge in [-0.25, -0.2) is 4.79 Å². The van der Waals surface area contributed by atoms with Crippen molar-refractivity contribution >= 4 is 6.09 Å². The van der Waals surface area contributed by atoms with Crippen LogP contribution in [-0.4, -0.2) is 54.7 Å². The van der Waals surface area contributed by atoms with Crippen LogP contribution in [0.25, 0.3) is 0 Å². The molecule has 80 valence electrons. The number of nitrogens with zero attached hydrogens (tertiary/aromatic N) is 2. The number of rotatable bonds is 1. The van der Waals surface area contributed by atoms with Crippen LogP contribution in [0.1, 0.15) is 19.8 Å². The molecular weight excluding hydrogens is 180 g/mol. The SMILES string of the molecule is CCN1C2CCC1CN(C(=O)OC)C2. The van der Waals surface area contributed by atoms with E-state index in [1.165, 1.54) is 20.0 Å². The number of amides is 1. The largest absolute Gasteiger partial charge is 0.453 e. The van der Waals surface area contributed by atoms with Crippen molar-refractivity contribution in [3.63, 3.8) is 0 Å². The molecule has 2 rings (SSSR count). The minimum absolute atomic E-state index is 0.169. The molecule has 0 aliphatic carbocycles. The first-order valence-corrected chi connectivity index (χ1v) is 5.35. The first-order valence-electron chi connectivity index (χ1n) is 5.35. The molecule has 0 radical (unpaired) electrons. The number of carbonyl (C=O) groups is 1. The van der Waals surface area contributed by atoms with E-state index in [0.717, 1.165) is 19.6 Å². The molecule has 2 bridgehead atoms. The molecule has 2 heterocycles. The number of likely N-dealkylation sites (N-methyl/N-ethyl adjacent to an activating group) is 1. The third-order valence-corrected chi connectivity index (χ3v) is 3.43. The highest BCUT2D eigenvalue weighted by Gasteiger charge is 2.40. The van der Waals surface area contributed by atoms with E-state index in [1.54, 1.807) is 0 Å². The van der Waals surface area contributed by atoms with Crippen LogP contribution in [0.2, 0.25) is 0 Å². The predicted octanol–water partition coefficient (Wildman–Crippen LogP) is 0.921. The monoisotopic (exact) mass is 198 g/mol. The zero-order valence-electron chi connectivity index (χ0n) is 8.90. The molecule has 0 N–H and O–H groups in total. The van der Waals surface area contributed by atoms with Gasteiger partial charge < -0.3 is 9.64 Å². The maximum atomic E-state index is 11.4. The number of piperazine rings is 1. The van der Waals surface area contributed by atoms with Crippen LogP contribution < -0.4 is 0 Å². The summed E-state index contributed by atoms with van der Waals surface area (Å²) in [6, 6.07) is 1.13. The lowest BCUT2D eigenvalue weighted by molar-refractivity contribution is 0.0575. The topological polar surface area (TPSA) is 32.8 Å². The summed E-state index contributed by atoms with van der Waals surface area (Å²) < 4.78 is 4.75. The van der Waals surface area contributed by atoms with Crippen molar-refractivity contribution in [2.45, 2.75) is 31.8 Å². The molecule has 2 aliphatic heterocycles. The number of carbonyl (C=O) groups excluding carboxylic acids is 1. The molecule has 14 heavy (non-hydrogen) atoms. The van der Waals surface area contributed by atoms with Gasteiger partial charge in [0.25, 0.3) is 0 Å². The third-order valence-electron chi connectivity index (χ3n) is 3.43. The molecular formula is C10H18N2O2. The summed E-state index contributed by atoms with van der Waals surface area (Å²) in [6.07, 6.45) is 2.29. The Labute approximate surface area is 84.8 Å². The normalized spacial score (nSPS) is 32.0. The first-order chi connectivity index (χ1) is 6.76. The van der Waals surface area contributed by atoms with Gasteiger partial charge in [0.1, 0.15) is 0 Å². The van der Waals surface area contributed by atoms with Crippen molar-refractivity contribution in [3.8, 4) is 0 Å². The molecule has 2 fully saturated rings. The second kappa shape index (κ2) is 3.77. The molecule has 4 heteroatoms. The summed E-state index contributed by atoms with van der Waals surface area (Å²) in [4.78, 5) is 15.7. The minimum atomic E-state index is -0.169. The van der Waals surface area contributed by atoms with Gasteiger partial charge in [-0.1, -0.05) is 6.92 Å². The standard InChI is InChI=1S/C10H18N2O2/c1-3-12-8-4-5-9(12)7-11(6-8)10(13)14-2/h8-9H,3-7H2,1-2H3. The molecule has 0 aromatic heterocycles. The number of hydrogen-bond acceptors (Lipinski definition) is 3. The van der Waals surface area contributed by atoms with Gasteiger partial charge in [0.05, 0.1) is 7.11 Å². The van der Waals surface area contributed by atoms with Crippen LogP contribution in [0.15, 0.2) is 0 Å². The van der Waals surface area contributed by atoms with Crippen molar-refractivity contribution in [1.82, 2.24) is 9.80 Å². The van der Waals surface area contributed by atoms with Crippen molar-refractivity contribution in [3.05, 3.63) is 0 Å². The van der Waals surface area contributed by atoms with Crippen LogP contribution in [-0.2, 0) is 4.74 Å². The molecule has 2 saturated heterocycles. The Morgan fingerprint density at radius 1 is 1.36 bits per heavy atom. The molecule has 0 aromatic rings. The second-order valence-electron chi connectivity index (χ2n) is 4.09. The van der Waals surface area contributed by atoms with Crippen molar-refractivity contribution in [1.29, 1.82) is 0 Å². The van der Waals surface area contributed by atoms with Gasteiger partial charge in [-0.2, -0.15) is 0 Å². The van der Waals surface area contributed by atoms with Crippen molar-refractivity contribution < 1.29 is 9.53 Å². The lowest BCUT2D eigenvalue weighted by atomic mass is 10.2. The van der Waals surface area contributed by atoms with Gasteiger partial charge in [0.2, 0.25) is 0 Å². The highest BCUT2D eigenvalue weighted by molar-refractivity contribution is 5.67. The van der Waals surface area contributed by atoms with Gasteiger partial charge in [-0.05, 0) is 19.4 Å². The second-order valence-corrected chi connectivity index (χ2v) is 4.09. The van der Waals surface area contributed by atoms with E-state index in [-0.39, 0.29) is 6.09 Å². The number of fused-ring (bicyclic) bond motifs is 2. The molecule has 0 saturated carbocycles. The summed E-state index contributed by atoms with van der Waals surface area (Å²) >= 11 is 0. The molecule has 2 atom stereocenters. The Morgan fingerprint density at radius 2 is 1.93 bits per heavy atom. The highest BCUT2D eigenvalue weighted by atomic mass is 16.5. The van der Waals surface area contributed by atoms with Crippen LogP contribution in [0.3, 0.4) is 0 Å². The minimum Gasteiger partial charge on any atom is -0.453 e. The number of ether oxygens (including phenoxy) is 1. The number of methoxy groups -OCH3 is 1. The van der Waals surface area contributed by atoms with Gasteiger partial charge in [0.15, 0.2) is 0 Å². The first kappa shape index (κ1) is 9.77. The molecule has 0 spiro atoms. The van der Waals surface area contributed by atoms with E-state index in [9.17, 15) is 4.79 Å². The van der Waals surface area contributed by atoms with Gasteiger partial charge in [0, 0.05) is 25.2 Å². The van der Waals surface area contributed by atoms with Crippen LogP contribution in [0.4, 0.5) is 4.79 Å². The van der Waals surface area contributed by atoms with Crippen LogP contribution in [0.5, 0.6) is 0 Å². The van der Waals surface area contributed by atoms with E-state index in [4.69, 9.17) is 4.74 Å². The zero-order chi connectivity index (χ0) is 10.1. The third kappa shape index (κ3) is 1.47. The van der Waals surface area contributed by atoms with E-state index < -0.39 is 0 Å². The summed E-state index contributed by atoms with van der Waals surface area (Å²) in [5, 5.41) is 0. The van der Waals surface area contributed by atoms with E-state index >= 15 is 0 Å².